The largest absolute Gasteiger partial charge is 0.496 e. The summed E-state index contributed by atoms with van der Waals surface area (Å²) in [6.07, 6.45) is -1.44. The van der Waals surface area contributed by atoms with E-state index in [1.54, 1.807) is 39.2 Å². The highest BCUT2D eigenvalue weighted by Gasteiger charge is 2.20. The number of rotatable bonds is 17. The minimum atomic E-state index is -0.938. The second kappa shape index (κ2) is 16.9. The normalized spacial score (nSPS) is 12.0. The van der Waals surface area contributed by atoms with Crippen LogP contribution in [0, 0.1) is 0 Å². The number of ether oxygens (including phenoxy) is 7. The van der Waals surface area contributed by atoms with Gasteiger partial charge < -0.3 is 33.2 Å². The molecule has 0 fully saturated rings. The highest BCUT2D eigenvalue weighted by atomic mass is 16.7. The lowest BCUT2D eigenvalue weighted by Gasteiger charge is -2.21. The molecule has 5 aromatic rings. The average Bonchev–Trinajstić information content (AvgIpc) is 3.11. The molecule has 9 heteroatoms. The van der Waals surface area contributed by atoms with Gasteiger partial charge in [0, 0.05) is 40.1 Å². The number of fused-ring (bicyclic) bond motifs is 2. The van der Waals surface area contributed by atoms with Crippen LogP contribution >= 0.6 is 0 Å². The highest BCUT2D eigenvalue weighted by Crippen LogP contribution is 2.31. The minimum Gasteiger partial charge on any atom is -0.496 e. The molecule has 2 unspecified atom stereocenters. The van der Waals surface area contributed by atoms with Crippen LogP contribution < -0.4 is 23.7 Å². The molecule has 0 radical (unpaired) electrons. The fraction of sp³-hybridized carbons (Fsp3) is 0.220. The molecule has 0 N–H and O–H groups in total. The molecule has 258 valence electrons. The minimum absolute atomic E-state index is 0.142. The Morgan fingerprint density at radius 1 is 0.580 bits per heavy atom. The van der Waals surface area contributed by atoms with Gasteiger partial charge in [0.15, 0.2) is 0 Å². The maximum Gasteiger partial charge on any atom is 0.336 e. The Hall–Kier alpha value is -5.96. The lowest BCUT2D eigenvalue weighted by molar-refractivity contribution is -0.161. The highest BCUT2D eigenvalue weighted by molar-refractivity contribution is 5.90. The Labute approximate surface area is 291 Å². The molecule has 0 heterocycles. The number of hydrogen-bond donors (Lipinski definition) is 0. The first-order chi connectivity index (χ1) is 24.2. The van der Waals surface area contributed by atoms with Gasteiger partial charge in [-0.25, -0.2) is 9.59 Å². The summed E-state index contributed by atoms with van der Waals surface area (Å²) >= 11 is 0. The summed E-state index contributed by atoms with van der Waals surface area (Å²) < 4.78 is 41.2. The molecule has 0 spiro atoms. The zero-order valence-electron chi connectivity index (χ0n) is 28.4. The smallest absolute Gasteiger partial charge is 0.336 e. The molecule has 0 aliphatic rings. The lowest BCUT2D eigenvalue weighted by atomic mass is 10.1. The first kappa shape index (κ1) is 35.3. The van der Waals surface area contributed by atoms with Crippen LogP contribution in [0.15, 0.2) is 127 Å². The standard InChI is InChI=1S/C41H40O9/c1-27(2)40(42)49-38(47-36-18-10-14-29-12-6-8-16-34(29)36)20-22-45-32-24-31(44-5)25-33(26-32)46-23-21-39(50-41(43)28(3)4)48-37-19-11-15-30-13-7-9-17-35(30)37/h6-19,24-26,38-39H,1,3,20-23H2,2,4-5H3. The number of methoxy groups -OCH3 is 1. The van der Waals surface area contributed by atoms with Gasteiger partial charge in [-0.1, -0.05) is 86.0 Å². The molecule has 0 aliphatic heterocycles. The van der Waals surface area contributed by atoms with E-state index >= 15 is 0 Å². The number of hydrogen-bond acceptors (Lipinski definition) is 9. The van der Waals surface area contributed by atoms with Gasteiger partial charge in [0.2, 0.25) is 12.6 Å². The zero-order valence-corrected chi connectivity index (χ0v) is 28.4. The number of benzene rings is 5. The Bertz CT molecular complexity index is 1830. The summed E-state index contributed by atoms with van der Waals surface area (Å²) in [5.41, 5.74) is 0.511. The third-order valence-electron chi connectivity index (χ3n) is 7.52. The number of carbonyl (C=O) groups excluding carboxylic acids is 2. The van der Waals surface area contributed by atoms with Crippen molar-refractivity contribution in [2.45, 2.75) is 39.3 Å². The Morgan fingerprint density at radius 3 is 1.40 bits per heavy atom. The first-order valence-electron chi connectivity index (χ1n) is 16.2. The van der Waals surface area contributed by atoms with Crippen LogP contribution in [0.1, 0.15) is 26.7 Å². The van der Waals surface area contributed by atoms with E-state index in [1.807, 2.05) is 84.9 Å². The van der Waals surface area contributed by atoms with E-state index < -0.39 is 24.5 Å². The van der Waals surface area contributed by atoms with Crippen molar-refractivity contribution in [1.82, 2.24) is 0 Å². The van der Waals surface area contributed by atoms with E-state index in [1.165, 1.54) is 0 Å². The summed E-state index contributed by atoms with van der Waals surface area (Å²) in [4.78, 5) is 24.9. The monoisotopic (exact) mass is 676 g/mol. The second-order valence-corrected chi connectivity index (χ2v) is 11.5. The zero-order chi connectivity index (χ0) is 35.5. The van der Waals surface area contributed by atoms with Gasteiger partial charge in [-0.15, -0.1) is 0 Å². The van der Waals surface area contributed by atoms with Crippen LogP contribution in [0.2, 0.25) is 0 Å². The maximum absolute atomic E-state index is 12.5. The summed E-state index contributed by atoms with van der Waals surface area (Å²) in [6, 6.07) is 32.1. The van der Waals surface area contributed by atoms with Crippen LogP contribution in [0.5, 0.6) is 28.7 Å². The molecule has 5 rings (SSSR count). The van der Waals surface area contributed by atoms with E-state index in [-0.39, 0.29) is 37.2 Å². The van der Waals surface area contributed by atoms with Gasteiger partial charge in [0.1, 0.15) is 28.7 Å². The lowest BCUT2D eigenvalue weighted by Crippen LogP contribution is -2.27. The molecule has 2 atom stereocenters. The molecule has 5 aromatic carbocycles. The van der Waals surface area contributed by atoms with Crippen LogP contribution in [0.25, 0.3) is 21.5 Å². The van der Waals surface area contributed by atoms with Gasteiger partial charge >= 0.3 is 11.9 Å². The summed E-state index contributed by atoms with van der Waals surface area (Å²) in [7, 11) is 1.54. The van der Waals surface area contributed by atoms with Crippen molar-refractivity contribution >= 4 is 33.5 Å². The van der Waals surface area contributed by atoms with Crippen LogP contribution in [0.3, 0.4) is 0 Å². The van der Waals surface area contributed by atoms with E-state index in [0.29, 0.717) is 28.7 Å². The van der Waals surface area contributed by atoms with Gasteiger partial charge in [-0.2, -0.15) is 0 Å². The van der Waals surface area contributed by atoms with Crippen LogP contribution in [-0.2, 0) is 19.1 Å². The Balaban J connectivity index is 1.24. The van der Waals surface area contributed by atoms with Gasteiger partial charge in [0.25, 0.3) is 0 Å². The molecule has 0 saturated heterocycles. The molecule has 0 amide bonds. The van der Waals surface area contributed by atoms with E-state index in [9.17, 15) is 9.59 Å². The third-order valence-corrected chi connectivity index (χ3v) is 7.52. The summed E-state index contributed by atoms with van der Waals surface area (Å²) in [5.74, 6) is 1.46. The van der Waals surface area contributed by atoms with Crippen molar-refractivity contribution < 1.29 is 42.7 Å². The molecule has 50 heavy (non-hydrogen) atoms. The molecule has 0 aromatic heterocycles. The van der Waals surface area contributed by atoms with Crippen LogP contribution in [0.4, 0.5) is 0 Å². The second-order valence-electron chi connectivity index (χ2n) is 11.5. The quantitative estimate of drug-likeness (QED) is 0.0545. The van der Waals surface area contributed by atoms with Gasteiger partial charge in [0.05, 0.1) is 33.2 Å². The van der Waals surface area contributed by atoms with Crippen molar-refractivity contribution in [2.75, 3.05) is 20.3 Å². The molecular formula is C41H40O9. The van der Waals surface area contributed by atoms with Crippen LogP contribution in [-0.4, -0.2) is 44.8 Å². The number of carbonyl (C=O) groups is 2. The topological polar surface area (TPSA) is 98.8 Å². The molecular weight excluding hydrogens is 636 g/mol. The maximum atomic E-state index is 12.5. The summed E-state index contributed by atoms with van der Waals surface area (Å²) in [5, 5.41) is 3.77. The molecule has 0 aliphatic carbocycles. The van der Waals surface area contributed by atoms with Crippen molar-refractivity contribution in [2.24, 2.45) is 0 Å². The Kier molecular flexibility index (Phi) is 12.0. The van der Waals surface area contributed by atoms with E-state index in [2.05, 4.69) is 13.2 Å². The predicted molar refractivity (Wildman–Crippen MR) is 192 cm³/mol. The Morgan fingerprint density at radius 2 is 0.980 bits per heavy atom. The molecule has 0 bridgehead atoms. The first-order valence-corrected chi connectivity index (χ1v) is 16.2. The third kappa shape index (κ3) is 9.56. The van der Waals surface area contributed by atoms with E-state index in [0.717, 1.165) is 21.5 Å². The van der Waals surface area contributed by atoms with Gasteiger partial charge in [-0.3, -0.25) is 0 Å². The van der Waals surface area contributed by atoms with Gasteiger partial charge in [-0.05, 0) is 36.8 Å². The van der Waals surface area contributed by atoms with Crippen molar-refractivity contribution in [3.05, 3.63) is 127 Å². The van der Waals surface area contributed by atoms with E-state index in [4.69, 9.17) is 33.2 Å². The number of esters is 2. The fourth-order valence-electron chi connectivity index (χ4n) is 4.98. The predicted octanol–water partition coefficient (Wildman–Crippen LogP) is 8.59. The average molecular weight is 677 g/mol. The summed E-state index contributed by atoms with van der Waals surface area (Å²) in [6.45, 7) is 10.8. The molecule has 0 saturated carbocycles. The van der Waals surface area contributed by atoms with Crippen molar-refractivity contribution in [3.63, 3.8) is 0 Å². The SMILES string of the molecule is C=C(C)C(=O)OC(CCOc1cc(OC)cc(OCCC(OC(=O)C(=C)C)Oc2cccc3ccccc23)c1)Oc1cccc2ccccc12. The van der Waals surface area contributed by atoms with Crippen molar-refractivity contribution in [1.29, 1.82) is 0 Å². The van der Waals surface area contributed by atoms with Crippen molar-refractivity contribution in [3.8, 4) is 28.7 Å². The fourth-order valence-corrected chi connectivity index (χ4v) is 4.98. The molecule has 9 nitrogen and oxygen atoms in total.